The van der Waals surface area contributed by atoms with Gasteiger partial charge in [0.1, 0.15) is 11.2 Å². The number of halogens is 1. The molecule has 0 spiro atoms. The first kappa shape index (κ1) is 15.1. The molecule has 104 valence electrons. The lowest BCUT2D eigenvalue weighted by Gasteiger charge is -2.27. The van der Waals surface area contributed by atoms with E-state index in [-0.39, 0.29) is 11.7 Å². The minimum absolute atomic E-state index is 0.305. The quantitative estimate of drug-likeness (QED) is 0.619. The van der Waals surface area contributed by atoms with Crippen LogP contribution < -0.4 is 0 Å². The fourth-order valence-electron chi connectivity index (χ4n) is 1.76. The van der Waals surface area contributed by atoms with Gasteiger partial charge in [-0.3, -0.25) is 9.59 Å². The number of carbonyl (C=O) groups is 2. The van der Waals surface area contributed by atoms with Gasteiger partial charge in [0, 0.05) is 13.6 Å². The number of hydrogen-bond donors (Lipinski definition) is 0. The predicted octanol–water partition coefficient (Wildman–Crippen LogP) is 1.98. The summed E-state index contributed by atoms with van der Waals surface area (Å²) in [5.41, 5.74) is -0.443. The number of esters is 1. The molecule has 0 aliphatic heterocycles. The fraction of sp³-hybridized carbons (Fsp3) is 0.429. The standard InChI is InChI=1S/C14H18FNO3/c1-14(2,13(18)19-4)12(17)16(3)9-10-5-7-11(15)8-6-10/h5-8H,9H2,1-4H3. The third-order valence-electron chi connectivity index (χ3n) is 2.91. The van der Waals surface area contributed by atoms with Crippen LogP contribution in [0.25, 0.3) is 0 Å². The Labute approximate surface area is 112 Å². The first-order valence-electron chi connectivity index (χ1n) is 5.87. The minimum Gasteiger partial charge on any atom is -0.468 e. The summed E-state index contributed by atoms with van der Waals surface area (Å²) < 4.78 is 17.4. The second-order valence-electron chi connectivity index (χ2n) is 4.90. The molecule has 0 aliphatic rings. The molecule has 0 heterocycles. The van der Waals surface area contributed by atoms with E-state index >= 15 is 0 Å². The van der Waals surface area contributed by atoms with Crippen molar-refractivity contribution in [1.82, 2.24) is 4.90 Å². The summed E-state index contributed by atoms with van der Waals surface area (Å²) in [4.78, 5) is 25.2. The molecule has 1 rings (SSSR count). The molecular weight excluding hydrogens is 249 g/mol. The highest BCUT2D eigenvalue weighted by Crippen LogP contribution is 2.21. The Morgan fingerprint density at radius 3 is 2.26 bits per heavy atom. The van der Waals surface area contributed by atoms with Crippen molar-refractivity contribution in [3.63, 3.8) is 0 Å². The van der Waals surface area contributed by atoms with E-state index in [1.807, 2.05) is 0 Å². The predicted molar refractivity (Wildman–Crippen MR) is 68.7 cm³/mol. The van der Waals surface area contributed by atoms with Gasteiger partial charge in [-0.25, -0.2) is 4.39 Å². The Morgan fingerprint density at radius 2 is 1.79 bits per heavy atom. The highest BCUT2D eigenvalue weighted by molar-refractivity contribution is 6.01. The summed E-state index contributed by atoms with van der Waals surface area (Å²) in [6.07, 6.45) is 0. The minimum atomic E-state index is -1.23. The maximum Gasteiger partial charge on any atom is 0.320 e. The van der Waals surface area contributed by atoms with E-state index in [9.17, 15) is 14.0 Å². The van der Waals surface area contributed by atoms with Crippen LogP contribution in [-0.2, 0) is 20.9 Å². The molecule has 1 aromatic carbocycles. The smallest absolute Gasteiger partial charge is 0.320 e. The number of rotatable bonds is 4. The van der Waals surface area contributed by atoms with Crippen LogP contribution >= 0.6 is 0 Å². The third kappa shape index (κ3) is 3.53. The van der Waals surface area contributed by atoms with Crippen molar-refractivity contribution in [1.29, 1.82) is 0 Å². The first-order chi connectivity index (χ1) is 8.78. The van der Waals surface area contributed by atoms with Gasteiger partial charge in [-0.2, -0.15) is 0 Å². The number of carbonyl (C=O) groups excluding carboxylic acids is 2. The largest absolute Gasteiger partial charge is 0.468 e. The van der Waals surface area contributed by atoms with Gasteiger partial charge >= 0.3 is 5.97 Å². The van der Waals surface area contributed by atoms with Crippen molar-refractivity contribution in [3.05, 3.63) is 35.6 Å². The maximum absolute atomic E-state index is 12.8. The summed E-state index contributed by atoms with van der Waals surface area (Å²) >= 11 is 0. The van der Waals surface area contributed by atoms with Crippen molar-refractivity contribution >= 4 is 11.9 Å². The van der Waals surface area contributed by atoms with Crippen LogP contribution in [0.15, 0.2) is 24.3 Å². The van der Waals surface area contributed by atoms with Crippen LogP contribution in [0.2, 0.25) is 0 Å². The molecule has 0 fully saturated rings. The van der Waals surface area contributed by atoms with Crippen molar-refractivity contribution in [2.24, 2.45) is 5.41 Å². The highest BCUT2D eigenvalue weighted by atomic mass is 19.1. The van der Waals surface area contributed by atoms with Gasteiger partial charge in [-0.15, -0.1) is 0 Å². The first-order valence-corrected chi connectivity index (χ1v) is 5.87. The highest BCUT2D eigenvalue weighted by Gasteiger charge is 2.39. The Morgan fingerprint density at radius 1 is 1.26 bits per heavy atom. The van der Waals surface area contributed by atoms with Crippen LogP contribution in [0.3, 0.4) is 0 Å². The summed E-state index contributed by atoms with van der Waals surface area (Å²) in [7, 11) is 2.84. The molecular formula is C14H18FNO3. The van der Waals surface area contributed by atoms with Crippen LogP contribution in [-0.4, -0.2) is 30.9 Å². The van der Waals surface area contributed by atoms with Gasteiger partial charge in [-0.05, 0) is 31.5 Å². The lowest BCUT2D eigenvalue weighted by Crippen LogP contribution is -2.43. The van der Waals surface area contributed by atoms with E-state index in [0.29, 0.717) is 6.54 Å². The lowest BCUT2D eigenvalue weighted by atomic mass is 9.91. The molecule has 5 heteroatoms. The van der Waals surface area contributed by atoms with E-state index in [4.69, 9.17) is 0 Å². The zero-order valence-corrected chi connectivity index (χ0v) is 11.6. The van der Waals surface area contributed by atoms with Crippen molar-refractivity contribution < 1.29 is 18.7 Å². The Kier molecular flexibility index (Phi) is 4.64. The summed E-state index contributed by atoms with van der Waals surface area (Å²) in [6.45, 7) is 3.34. The average molecular weight is 267 g/mol. The Hall–Kier alpha value is -1.91. The van der Waals surface area contributed by atoms with E-state index in [2.05, 4.69) is 4.74 Å². The van der Waals surface area contributed by atoms with Crippen molar-refractivity contribution in [2.75, 3.05) is 14.2 Å². The number of amides is 1. The number of benzene rings is 1. The molecule has 0 saturated heterocycles. The van der Waals surface area contributed by atoms with E-state index < -0.39 is 11.4 Å². The second kappa shape index (κ2) is 5.82. The van der Waals surface area contributed by atoms with Crippen LogP contribution in [0.1, 0.15) is 19.4 Å². The van der Waals surface area contributed by atoms with Gasteiger partial charge in [0.2, 0.25) is 5.91 Å². The monoisotopic (exact) mass is 267 g/mol. The zero-order chi connectivity index (χ0) is 14.6. The van der Waals surface area contributed by atoms with Crippen molar-refractivity contribution in [2.45, 2.75) is 20.4 Å². The van der Waals surface area contributed by atoms with Crippen LogP contribution in [0.5, 0.6) is 0 Å². The Bertz CT molecular complexity index is 468. The topological polar surface area (TPSA) is 46.6 Å². The van der Waals surface area contributed by atoms with Crippen molar-refractivity contribution in [3.8, 4) is 0 Å². The van der Waals surface area contributed by atoms with Gasteiger partial charge in [0.25, 0.3) is 0 Å². The molecule has 19 heavy (non-hydrogen) atoms. The lowest BCUT2D eigenvalue weighted by molar-refractivity contribution is -0.160. The number of nitrogens with zero attached hydrogens (tertiary/aromatic N) is 1. The van der Waals surface area contributed by atoms with Gasteiger partial charge < -0.3 is 9.64 Å². The molecule has 1 amide bonds. The molecule has 4 nitrogen and oxygen atoms in total. The maximum atomic E-state index is 12.8. The molecule has 1 aromatic rings. The number of hydrogen-bond acceptors (Lipinski definition) is 3. The van der Waals surface area contributed by atoms with E-state index in [0.717, 1.165) is 5.56 Å². The summed E-state index contributed by atoms with van der Waals surface area (Å²) in [6, 6.07) is 5.87. The average Bonchev–Trinajstić information content (AvgIpc) is 2.39. The molecule has 0 atom stereocenters. The molecule has 0 saturated carbocycles. The van der Waals surface area contributed by atoms with Crippen LogP contribution in [0, 0.1) is 11.2 Å². The fourth-order valence-corrected chi connectivity index (χ4v) is 1.76. The van der Waals surface area contributed by atoms with Crippen LogP contribution in [0.4, 0.5) is 4.39 Å². The number of methoxy groups -OCH3 is 1. The second-order valence-corrected chi connectivity index (χ2v) is 4.90. The molecule has 0 unspecified atom stereocenters. The molecule has 0 bridgehead atoms. The zero-order valence-electron chi connectivity index (χ0n) is 11.6. The molecule has 0 aliphatic carbocycles. The number of ether oxygens (including phenoxy) is 1. The van der Waals surface area contributed by atoms with E-state index in [1.165, 1.54) is 38.0 Å². The third-order valence-corrected chi connectivity index (χ3v) is 2.91. The molecule has 0 aromatic heterocycles. The summed E-state index contributed by atoms with van der Waals surface area (Å²) in [5, 5.41) is 0. The van der Waals surface area contributed by atoms with E-state index in [1.54, 1.807) is 19.2 Å². The normalized spacial score (nSPS) is 11.0. The van der Waals surface area contributed by atoms with Gasteiger partial charge in [0.05, 0.1) is 7.11 Å². The molecule has 0 radical (unpaired) electrons. The van der Waals surface area contributed by atoms with Gasteiger partial charge in [-0.1, -0.05) is 12.1 Å². The summed E-state index contributed by atoms with van der Waals surface area (Å²) in [5.74, 6) is -1.25. The van der Waals surface area contributed by atoms with Gasteiger partial charge in [0.15, 0.2) is 0 Å². The molecule has 0 N–H and O–H groups in total. The Balaban J connectivity index is 2.77. The SMILES string of the molecule is COC(=O)C(C)(C)C(=O)N(C)Cc1ccc(F)cc1.